The zero-order valence-corrected chi connectivity index (χ0v) is 12.3. The van der Waals surface area contributed by atoms with Crippen molar-refractivity contribution in [1.82, 2.24) is 0 Å². The van der Waals surface area contributed by atoms with Crippen LogP contribution >= 0.6 is 0 Å². The van der Waals surface area contributed by atoms with E-state index in [1.165, 1.54) is 0 Å². The summed E-state index contributed by atoms with van der Waals surface area (Å²) in [6.07, 6.45) is 1.88. The first-order chi connectivity index (χ1) is 9.46. The first kappa shape index (κ1) is 13.4. The average molecular weight is 286 g/mol. The Bertz CT molecular complexity index is 415. The van der Waals surface area contributed by atoms with Gasteiger partial charge in [-0.25, -0.2) is 14.2 Å². The highest BCUT2D eigenvalue weighted by atomic mass is 19.1. The summed E-state index contributed by atoms with van der Waals surface area (Å²) in [4.78, 5) is 11.5. The van der Waals surface area contributed by atoms with Gasteiger partial charge in [0.25, 0.3) is 0 Å². The van der Waals surface area contributed by atoms with Crippen LogP contribution in [-0.4, -0.2) is 24.0 Å². The summed E-state index contributed by atoms with van der Waals surface area (Å²) < 4.78 is 25.8. The van der Waals surface area contributed by atoms with Gasteiger partial charge in [0.05, 0.1) is 0 Å². The average Bonchev–Trinajstić information content (AvgIpc) is 2.63. The van der Waals surface area contributed by atoms with Crippen LogP contribution in [0, 0.1) is 23.7 Å². The lowest BCUT2D eigenvalue weighted by atomic mass is 9.58. The van der Waals surface area contributed by atoms with Crippen molar-refractivity contribution in [2.45, 2.75) is 70.5 Å². The fourth-order valence-electron chi connectivity index (χ4n) is 4.86. The molecule has 4 heterocycles. The number of ether oxygens (including phenoxy) is 2. The van der Waals surface area contributed by atoms with Crippen molar-refractivity contribution in [3.8, 4) is 0 Å². The third kappa shape index (κ3) is 1.55. The molecule has 4 nitrogen and oxygen atoms in total. The van der Waals surface area contributed by atoms with Crippen molar-refractivity contribution in [3.05, 3.63) is 0 Å². The maximum Gasteiger partial charge on any atom is 0.204 e. The lowest BCUT2D eigenvalue weighted by Crippen LogP contribution is -2.69. The Balaban J connectivity index is 1.82. The molecule has 5 heteroatoms. The Hall–Kier alpha value is -0.230. The van der Waals surface area contributed by atoms with Crippen molar-refractivity contribution in [1.29, 1.82) is 0 Å². The number of rotatable bonds is 0. The van der Waals surface area contributed by atoms with Gasteiger partial charge >= 0.3 is 0 Å². The first-order valence-corrected chi connectivity index (χ1v) is 7.80. The Morgan fingerprint density at radius 2 is 1.85 bits per heavy atom. The van der Waals surface area contributed by atoms with E-state index in [1.54, 1.807) is 0 Å². The minimum absolute atomic E-state index is 0.0973. The summed E-state index contributed by atoms with van der Waals surface area (Å²) in [7, 11) is 0. The van der Waals surface area contributed by atoms with Gasteiger partial charge in [0.15, 0.2) is 11.9 Å². The number of hydrogen-bond donors (Lipinski definition) is 0. The van der Waals surface area contributed by atoms with Gasteiger partial charge in [-0.05, 0) is 38.0 Å². The van der Waals surface area contributed by atoms with Gasteiger partial charge in [0.2, 0.25) is 12.1 Å². The molecule has 4 aliphatic heterocycles. The highest BCUT2D eigenvalue weighted by Crippen LogP contribution is 2.60. The van der Waals surface area contributed by atoms with Gasteiger partial charge < -0.3 is 9.47 Å². The van der Waals surface area contributed by atoms with E-state index in [4.69, 9.17) is 19.2 Å². The summed E-state index contributed by atoms with van der Waals surface area (Å²) in [5.74, 6) is -0.0624. The van der Waals surface area contributed by atoms with E-state index >= 15 is 0 Å². The fraction of sp³-hybridized carbons (Fsp3) is 1.00. The second kappa shape index (κ2) is 4.15. The molecular weight excluding hydrogens is 263 g/mol. The van der Waals surface area contributed by atoms with Gasteiger partial charge in [-0.3, -0.25) is 0 Å². The van der Waals surface area contributed by atoms with Crippen LogP contribution in [0.15, 0.2) is 0 Å². The molecule has 0 unspecified atom stereocenters. The molecule has 8 atom stereocenters. The lowest BCUT2D eigenvalue weighted by molar-refractivity contribution is -0.574. The van der Waals surface area contributed by atoms with E-state index < -0.39 is 24.0 Å². The molecule has 0 aromatic heterocycles. The van der Waals surface area contributed by atoms with Crippen molar-refractivity contribution in [2.75, 3.05) is 0 Å². The Morgan fingerprint density at radius 3 is 2.65 bits per heavy atom. The molecule has 0 aromatic carbocycles. The molecule has 1 saturated carbocycles. The van der Waals surface area contributed by atoms with Crippen LogP contribution < -0.4 is 0 Å². The molecule has 5 rings (SSSR count). The van der Waals surface area contributed by atoms with Crippen LogP contribution in [0.5, 0.6) is 0 Å². The Labute approximate surface area is 118 Å². The third-order valence-electron chi connectivity index (χ3n) is 6.08. The normalized spacial score (nSPS) is 61.8. The van der Waals surface area contributed by atoms with E-state index in [0.717, 1.165) is 25.7 Å². The second-order valence-corrected chi connectivity index (χ2v) is 7.26. The van der Waals surface area contributed by atoms with Gasteiger partial charge in [0.1, 0.15) is 0 Å². The molecule has 20 heavy (non-hydrogen) atoms. The van der Waals surface area contributed by atoms with Crippen LogP contribution in [0.3, 0.4) is 0 Å². The second-order valence-electron chi connectivity index (χ2n) is 7.26. The van der Waals surface area contributed by atoms with Gasteiger partial charge in [-0.15, -0.1) is 0 Å². The van der Waals surface area contributed by atoms with Crippen LogP contribution in [0.1, 0.15) is 46.5 Å². The maximum atomic E-state index is 14.2. The molecule has 0 aromatic rings. The van der Waals surface area contributed by atoms with Crippen LogP contribution in [0.2, 0.25) is 0 Å². The monoisotopic (exact) mass is 286 g/mol. The first-order valence-electron chi connectivity index (χ1n) is 7.80. The summed E-state index contributed by atoms with van der Waals surface area (Å²) in [6, 6.07) is 0. The maximum absolute atomic E-state index is 14.2. The van der Waals surface area contributed by atoms with E-state index in [0.29, 0.717) is 11.8 Å². The molecule has 0 radical (unpaired) electrons. The lowest BCUT2D eigenvalue weighted by Gasteiger charge is -2.59. The Morgan fingerprint density at radius 1 is 1.05 bits per heavy atom. The number of alkyl halides is 1. The predicted molar refractivity (Wildman–Crippen MR) is 67.9 cm³/mol. The number of halogens is 1. The van der Waals surface area contributed by atoms with Gasteiger partial charge in [-0.2, -0.15) is 0 Å². The molecule has 2 bridgehead atoms. The van der Waals surface area contributed by atoms with Crippen LogP contribution in [-0.2, 0) is 19.2 Å². The van der Waals surface area contributed by atoms with E-state index in [-0.39, 0.29) is 11.8 Å². The SMILES string of the molecule is C[C@H]1[C@H](F)O[C@@H]2O[C@]3(C)CC[C@H]4[C@H](C)CC[C@@H]1[C@@]24OO3. The fourth-order valence-corrected chi connectivity index (χ4v) is 4.86. The van der Waals surface area contributed by atoms with E-state index in [2.05, 4.69) is 6.92 Å². The predicted octanol–water partition coefficient (Wildman–Crippen LogP) is 3.16. The zero-order chi connectivity index (χ0) is 14.1. The third-order valence-corrected chi connectivity index (χ3v) is 6.08. The van der Waals surface area contributed by atoms with E-state index in [1.807, 2.05) is 13.8 Å². The minimum Gasteiger partial charge on any atom is -0.315 e. The highest BCUT2D eigenvalue weighted by molar-refractivity contribution is 5.08. The molecular formula is C15H23FO4. The molecule has 5 aliphatic rings. The quantitative estimate of drug-likeness (QED) is 0.641. The van der Waals surface area contributed by atoms with Crippen molar-refractivity contribution >= 4 is 0 Å². The molecule has 5 fully saturated rings. The zero-order valence-electron chi connectivity index (χ0n) is 12.3. The topological polar surface area (TPSA) is 36.9 Å². The largest absolute Gasteiger partial charge is 0.315 e. The van der Waals surface area contributed by atoms with Crippen LogP contribution in [0.25, 0.3) is 0 Å². The molecule has 1 aliphatic carbocycles. The number of fused-ring (bicyclic) bond motifs is 2. The standard InChI is InChI=1S/C15H23FO4/c1-8-4-5-11-9(2)12(16)17-13-15(11)10(8)6-7-14(3,18-13)19-20-15/h8-13H,4-7H2,1-3H3/t8-,9-,10+,11+,12-,13-,14+,15-/m1/s1. The molecule has 1 spiro atoms. The summed E-state index contributed by atoms with van der Waals surface area (Å²) >= 11 is 0. The molecule has 0 N–H and O–H groups in total. The van der Waals surface area contributed by atoms with Crippen molar-refractivity contribution < 1.29 is 23.6 Å². The minimum atomic E-state index is -1.28. The van der Waals surface area contributed by atoms with Crippen LogP contribution in [0.4, 0.5) is 4.39 Å². The van der Waals surface area contributed by atoms with Gasteiger partial charge in [0, 0.05) is 18.3 Å². The number of hydrogen-bond acceptors (Lipinski definition) is 4. The summed E-state index contributed by atoms with van der Waals surface area (Å²) in [5.41, 5.74) is -0.629. The van der Waals surface area contributed by atoms with Crippen molar-refractivity contribution in [2.24, 2.45) is 23.7 Å². The summed E-state index contributed by atoms with van der Waals surface area (Å²) in [6.45, 7) is 6.02. The summed E-state index contributed by atoms with van der Waals surface area (Å²) in [5, 5.41) is 0. The highest BCUT2D eigenvalue weighted by Gasteiger charge is 2.69. The smallest absolute Gasteiger partial charge is 0.204 e. The van der Waals surface area contributed by atoms with Crippen molar-refractivity contribution in [3.63, 3.8) is 0 Å². The van der Waals surface area contributed by atoms with E-state index in [9.17, 15) is 4.39 Å². The molecule has 0 amide bonds. The molecule has 114 valence electrons. The molecule has 4 saturated heterocycles. The Kier molecular flexibility index (Phi) is 2.79. The van der Waals surface area contributed by atoms with Gasteiger partial charge in [-0.1, -0.05) is 13.8 Å².